The lowest BCUT2D eigenvalue weighted by Crippen LogP contribution is -2.11. The highest BCUT2D eigenvalue weighted by Gasteiger charge is 2.32. The van der Waals surface area contributed by atoms with Gasteiger partial charge in [0.05, 0.1) is 6.20 Å². The Morgan fingerprint density at radius 2 is 1.94 bits per heavy atom. The topological polar surface area (TPSA) is 56.7 Å². The smallest absolute Gasteiger partial charge is 0.384 e. The zero-order valence-electron chi connectivity index (χ0n) is 7.94. The fourth-order valence-electron chi connectivity index (χ4n) is 1.20. The van der Waals surface area contributed by atoms with E-state index in [1.165, 1.54) is 24.4 Å². The lowest BCUT2D eigenvalue weighted by Gasteiger charge is -2.08. The second-order valence-electron chi connectivity index (χ2n) is 3.05. The minimum Gasteiger partial charge on any atom is -0.384 e. The fraction of sp³-hybridized carbons (Fsp3) is 0.111. The van der Waals surface area contributed by atoms with Crippen LogP contribution in [0.1, 0.15) is 5.69 Å². The van der Waals surface area contributed by atoms with Crippen molar-refractivity contribution in [1.29, 1.82) is 0 Å². The van der Waals surface area contributed by atoms with Gasteiger partial charge in [-0.2, -0.15) is 23.0 Å². The molecule has 4 nitrogen and oxygen atoms in total. The maximum atomic E-state index is 12.4. The Morgan fingerprint density at radius 1 is 1.19 bits per heavy atom. The van der Waals surface area contributed by atoms with Crippen LogP contribution in [-0.4, -0.2) is 14.8 Å². The molecule has 0 radical (unpaired) electrons. The van der Waals surface area contributed by atoms with E-state index in [1.54, 1.807) is 0 Å². The van der Waals surface area contributed by atoms with Crippen molar-refractivity contribution in [2.24, 2.45) is 0 Å². The van der Waals surface area contributed by atoms with E-state index in [0.717, 1.165) is 10.7 Å². The molecule has 84 valence electrons. The highest BCUT2D eigenvalue weighted by Crippen LogP contribution is 2.28. The summed E-state index contributed by atoms with van der Waals surface area (Å²) in [7, 11) is 0. The van der Waals surface area contributed by atoms with E-state index < -0.39 is 11.9 Å². The van der Waals surface area contributed by atoms with Gasteiger partial charge in [-0.05, 0) is 12.1 Å². The van der Waals surface area contributed by atoms with Crippen LogP contribution in [0.2, 0.25) is 0 Å². The average Bonchev–Trinajstić information content (AvgIpc) is 2.63. The van der Waals surface area contributed by atoms with E-state index in [2.05, 4.69) is 10.1 Å². The summed E-state index contributed by atoms with van der Waals surface area (Å²) < 4.78 is 38.3. The molecule has 0 amide bonds. The summed E-state index contributed by atoms with van der Waals surface area (Å²) >= 11 is 0. The molecule has 0 saturated heterocycles. The molecule has 2 rings (SSSR count). The average molecular weight is 228 g/mol. The van der Waals surface area contributed by atoms with E-state index in [-0.39, 0.29) is 11.6 Å². The maximum Gasteiger partial charge on any atom is 0.433 e. The molecule has 0 aromatic carbocycles. The molecule has 0 aliphatic rings. The number of halogens is 3. The lowest BCUT2D eigenvalue weighted by molar-refractivity contribution is -0.141. The summed E-state index contributed by atoms with van der Waals surface area (Å²) in [6.45, 7) is 0. The van der Waals surface area contributed by atoms with Gasteiger partial charge in [0.2, 0.25) is 0 Å². The van der Waals surface area contributed by atoms with E-state index in [0.29, 0.717) is 0 Å². The number of rotatable bonds is 1. The predicted octanol–water partition coefficient (Wildman–Crippen LogP) is 1.87. The summed E-state index contributed by atoms with van der Waals surface area (Å²) in [4.78, 5) is 3.44. The van der Waals surface area contributed by atoms with Crippen molar-refractivity contribution < 1.29 is 13.2 Å². The molecule has 2 aromatic heterocycles. The van der Waals surface area contributed by atoms with Crippen molar-refractivity contribution in [2.75, 3.05) is 5.73 Å². The SMILES string of the molecule is Nc1ccnn1-c1cccc(C(F)(F)F)n1. The zero-order chi connectivity index (χ0) is 11.8. The quantitative estimate of drug-likeness (QED) is 0.810. The minimum absolute atomic E-state index is 0.0392. The largest absolute Gasteiger partial charge is 0.433 e. The summed E-state index contributed by atoms with van der Waals surface area (Å²) in [5.74, 6) is 0.268. The van der Waals surface area contributed by atoms with Crippen LogP contribution in [0.3, 0.4) is 0 Å². The number of anilines is 1. The van der Waals surface area contributed by atoms with Gasteiger partial charge in [0.15, 0.2) is 5.82 Å². The third kappa shape index (κ3) is 1.83. The van der Waals surface area contributed by atoms with Crippen molar-refractivity contribution in [1.82, 2.24) is 14.8 Å². The van der Waals surface area contributed by atoms with E-state index in [1.807, 2.05) is 0 Å². The molecule has 7 heteroatoms. The summed E-state index contributed by atoms with van der Waals surface area (Å²) in [6.07, 6.45) is -3.09. The van der Waals surface area contributed by atoms with Gasteiger partial charge in [-0.1, -0.05) is 6.07 Å². The Hall–Kier alpha value is -2.05. The number of nitrogens with zero attached hydrogens (tertiary/aromatic N) is 3. The molecule has 0 unspecified atom stereocenters. The van der Waals surface area contributed by atoms with Crippen LogP contribution in [0.25, 0.3) is 5.82 Å². The van der Waals surface area contributed by atoms with Gasteiger partial charge < -0.3 is 5.73 Å². The Morgan fingerprint density at radius 3 is 2.50 bits per heavy atom. The number of nitrogens with two attached hydrogens (primary N) is 1. The second-order valence-corrected chi connectivity index (χ2v) is 3.05. The van der Waals surface area contributed by atoms with Crippen molar-refractivity contribution in [3.8, 4) is 5.82 Å². The Bertz CT molecular complexity index is 503. The molecule has 0 atom stereocenters. The molecule has 0 aliphatic heterocycles. The van der Waals surface area contributed by atoms with Crippen molar-refractivity contribution >= 4 is 5.82 Å². The van der Waals surface area contributed by atoms with Gasteiger partial charge in [-0.15, -0.1) is 0 Å². The van der Waals surface area contributed by atoms with Gasteiger partial charge in [0, 0.05) is 6.07 Å². The van der Waals surface area contributed by atoms with Crippen LogP contribution in [-0.2, 0) is 6.18 Å². The number of nitrogen functional groups attached to an aromatic ring is 1. The molecular weight excluding hydrogens is 221 g/mol. The highest BCUT2D eigenvalue weighted by atomic mass is 19.4. The van der Waals surface area contributed by atoms with Crippen LogP contribution >= 0.6 is 0 Å². The Balaban J connectivity index is 2.49. The lowest BCUT2D eigenvalue weighted by atomic mass is 10.3. The number of pyridine rings is 1. The molecule has 0 aliphatic carbocycles. The first kappa shape index (κ1) is 10.5. The molecule has 2 N–H and O–H groups in total. The van der Waals surface area contributed by atoms with E-state index in [4.69, 9.17) is 5.73 Å². The molecule has 2 heterocycles. The first-order valence-electron chi connectivity index (χ1n) is 4.32. The summed E-state index contributed by atoms with van der Waals surface area (Å²) in [6, 6.07) is 5.02. The van der Waals surface area contributed by atoms with Crippen molar-refractivity contribution in [2.45, 2.75) is 6.18 Å². The zero-order valence-corrected chi connectivity index (χ0v) is 7.94. The Labute approximate surface area is 88.5 Å². The van der Waals surface area contributed by atoms with Gasteiger partial charge in [0.25, 0.3) is 0 Å². The molecule has 0 spiro atoms. The molecular formula is C9H7F3N4. The van der Waals surface area contributed by atoms with Crippen molar-refractivity contribution in [3.63, 3.8) is 0 Å². The van der Waals surface area contributed by atoms with Gasteiger partial charge in [0.1, 0.15) is 11.5 Å². The van der Waals surface area contributed by atoms with E-state index >= 15 is 0 Å². The molecule has 0 bridgehead atoms. The number of hydrogen-bond donors (Lipinski definition) is 1. The summed E-state index contributed by atoms with van der Waals surface area (Å²) in [5, 5.41) is 3.77. The minimum atomic E-state index is -4.47. The number of hydrogen-bond acceptors (Lipinski definition) is 3. The highest BCUT2D eigenvalue weighted by molar-refractivity contribution is 5.37. The first-order chi connectivity index (χ1) is 7.48. The Kier molecular flexibility index (Phi) is 2.30. The fourth-order valence-corrected chi connectivity index (χ4v) is 1.20. The third-order valence-electron chi connectivity index (χ3n) is 1.91. The van der Waals surface area contributed by atoms with Crippen LogP contribution in [0.4, 0.5) is 19.0 Å². The van der Waals surface area contributed by atoms with Gasteiger partial charge >= 0.3 is 6.18 Å². The van der Waals surface area contributed by atoms with Crippen molar-refractivity contribution in [3.05, 3.63) is 36.2 Å². The maximum absolute atomic E-state index is 12.4. The number of alkyl halides is 3. The molecule has 16 heavy (non-hydrogen) atoms. The van der Waals surface area contributed by atoms with Crippen LogP contribution in [0, 0.1) is 0 Å². The second kappa shape index (κ2) is 3.51. The number of aromatic nitrogens is 3. The van der Waals surface area contributed by atoms with Crippen LogP contribution < -0.4 is 5.73 Å². The normalized spacial score (nSPS) is 11.7. The molecule has 0 saturated carbocycles. The predicted molar refractivity (Wildman–Crippen MR) is 50.8 cm³/mol. The standard InChI is InChI=1S/C9H7F3N4/c10-9(11,12)6-2-1-3-8(15-6)16-7(13)4-5-14-16/h1-5H,13H2. The van der Waals surface area contributed by atoms with E-state index in [9.17, 15) is 13.2 Å². The third-order valence-corrected chi connectivity index (χ3v) is 1.91. The molecule has 2 aromatic rings. The monoisotopic (exact) mass is 228 g/mol. The van der Waals surface area contributed by atoms with Crippen LogP contribution in [0.5, 0.6) is 0 Å². The van der Waals surface area contributed by atoms with Gasteiger partial charge in [-0.3, -0.25) is 0 Å². The van der Waals surface area contributed by atoms with Crippen LogP contribution in [0.15, 0.2) is 30.5 Å². The summed E-state index contributed by atoms with van der Waals surface area (Å²) in [5.41, 5.74) is 4.54. The first-order valence-corrected chi connectivity index (χ1v) is 4.32. The molecule has 0 fully saturated rings. The van der Waals surface area contributed by atoms with Gasteiger partial charge in [-0.25, -0.2) is 4.98 Å².